The maximum absolute atomic E-state index is 10.1. The number of rotatable bonds is 0. The van der Waals surface area contributed by atoms with Gasteiger partial charge in [-0.05, 0) is 18.7 Å². The van der Waals surface area contributed by atoms with Crippen LogP contribution in [0, 0.1) is 0 Å². The van der Waals surface area contributed by atoms with E-state index in [2.05, 4.69) is 5.32 Å². The van der Waals surface area contributed by atoms with E-state index in [4.69, 9.17) is 4.74 Å². The monoisotopic (exact) mass is 237 g/mol. The Morgan fingerprint density at radius 3 is 2.88 bits per heavy atom. The maximum atomic E-state index is 10.1. The Bertz CT molecular complexity index is 454. The lowest BCUT2D eigenvalue weighted by Gasteiger charge is -2.37. The summed E-state index contributed by atoms with van der Waals surface area (Å²) in [6, 6.07) is 2.95. The van der Waals surface area contributed by atoms with Crippen molar-refractivity contribution in [2.45, 2.75) is 24.5 Å². The van der Waals surface area contributed by atoms with Crippen molar-refractivity contribution < 1.29 is 20.1 Å². The molecule has 5 heteroatoms. The summed E-state index contributed by atoms with van der Waals surface area (Å²) in [5.41, 5.74) is 0.0790. The van der Waals surface area contributed by atoms with E-state index in [-0.39, 0.29) is 17.2 Å². The highest BCUT2D eigenvalue weighted by Crippen LogP contribution is 2.49. The summed E-state index contributed by atoms with van der Waals surface area (Å²) in [7, 11) is 0. The number of phenolic OH excluding ortho intramolecular Hbond substituents is 2. The van der Waals surface area contributed by atoms with Gasteiger partial charge in [-0.25, -0.2) is 0 Å². The molecule has 1 fully saturated rings. The highest BCUT2D eigenvalue weighted by atomic mass is 16.5. The molecule has 1 aromatic carbocycles. The molecule has 92 valence electrons. The normalized spacial score (nSPS) is 31.2. The second kappa shape index (κ2) is 3.51. The van der Waals surface area contributed by atoms with Crippen LogP contribution in [0.1, 0.15) is 24.5 Å². The molecule has 4 N–H and O–H groups in total. The first kappa shape index (κ1) is 10.7. The van der Waals surface area contributed by atoms with Crippen LogP contribution in [0.5, 0.6) is 17.2 Å². The third kappa shape index (κ3) is 1.54. The zero-order chi connectivity index (χ0) is 12.0. The Kier molecular flexibility index (Phi) is 2.21. The molecule has 0 radical (unpaired) electrons. The van der Waals surface area contributed by atoms with Gasteiger partial charge >= 0.3 is 0 Å². The van der Waals surface area contributed by atoms with Gasteiger partial charge in [-0.2, -0.15) is 0 Å². The number of nitrogens with one attached hydrogen (secondary N) is 1. The first-order chi connectivity index (χ1) is 8.11. The fourth-order valence-corrected chi connectivity index (χ4v) is 2.65. The molecule has 1 spiro atoms. The van der Waals surface area contributed by atoms with Crippen LogP contribution in [-0.2, 0) is 0 Å². The third-order valence-electron chi connectivity index (χ3n) is 3.59. The number of hydrogen-bond donors (Lipinski definition) is 4. The zero-order valence-corrected chi connectivity index (χ0v) is 9.31. The van der Waals surface area contributed by atoms with Gasteiger partial charge in [0, 0.05) is 24.9 Å². The molecular weight excluding hydrogens is 222 g/mol. The number of fused-ring (bicyclic) bond motifs is 1. The average molecular weight is 237 g/mol. The molecule has 5 nitrogen and oxygen atoms in total. The average Bonchev–Trinajstić information content (AvgIpc) is 2.72. The lowest BCUT2D eigenvalue weighted by atomic mass is 9.88. The highest BCUT2D eigenvalue weighted by Gasteiger charge is 2.44. The molecule has 0 aromatic heterocycles. The number of hydrogen-bond acceptors (Lipinski definition) is 5. The van der Waals surface area contributed by atoms with Crippen LogP contribution in [0.4, 0.5) is 0 Å². The molecule has 2 heterocycles. The quantitative estimate of drug-likeness (QED) is 0.498. The number of ether oxygens (including phenoxy) is 1. The van der Waals surface area contributed by atoms with Crippen LogP contribution in [0.15, 0.2) is 12.1 Å². The van der Waals surface area contributed by atoms with Gasteiger partial charge in [0.25, 0.3) is 0 Å². The summed E-state index contributed by atoms with van der Waals surface area (Å²) in [5.74, 6) is -0.293. The van der Waals surface area contributed by atoms with E-state index in [0.717, 1.165) is 13.0 Å². The number of aliphatic hydroxyl groups is 1. The molecule has 0 saturated carbocycles. The molecular formula is C12H15NO4. The van der Waals surface area contributed by atoms with Crippen LogP contribution >= 0.6 is 0 Å². The molecule has 2 atom stereocenters. The minimum absolute atomic E-state index is 0.215. The van der Waals surface area contributed by atoms with Gasteiger partial charge < -0.3 is 25.4 Å². The Labute approximate surface area is 98.7 Å². The van der Waals surface area contributed by atoms with Crippen LogP contribution in [0.3, 0.4) is 0 Å². The standard InChI is InChI=1S/C12H15NO4/c14-8-2-1-7-9(15)5-12(3-4-13-6-12)17-11(7)10(8)16/h1-2,9,13-16H,3-6H2. The fraction of sp³-hybridized carbons (Fsp3) is 0.500. The van der Waals surface area contributed by atoms with Crippen molar-refractivity contribution in [2.24, 2.45) is 0 Å². The van der Waals surface area contributed by atoms with Crippen LogP contribution in [0.25, 0.3) is 0 Å². The second-order valence-corrected chi connectivity index (χ2v) is 4.78. The third-order valence-corrected chi connectivity index (χ3v) is 3.59. The van der Waals surface area contributed by atoms with Gasteiger partial charge in [-0.3, -0.25) is 0 Å². The minimum atomic E-state index is -0.662. The van der Waals surface area contributed by atoms with Gasteiger partial charge in [0.05, 0.1) is 6.10 Å². The van der Waals surface area contributed by atoms with Gasteiger partial charge in [0.1, 0.15) is 5.60 Å². The smallest absolute Gasteiger partial charge is 0.200 e. The van der Waals surface area contributed by atoms with E-state index < -0.39 is 11.7 Å². The number of aliphatic hydroxyl groups excluding tert-OH is 1. The van der Waals surface area contributed by atoms with Gasteiger partial charge in [-0.15, -0.1) is 0 Å². The van der Waals surface area contributed by atoms with Crippen molar-refractivity contribution in [3.63, 3.8) is 0 Å². The second-order valence-electron chi connectivity index (χ2n) is 4.78. The Balaban J connectivity index is 2.07. The zero-order valence-electron chi connectivity index (χ0n) is 9.31. The topological polar surface area (TPSA) is 82.0 Å². The number of aromatic hydroxyl groups is 2. The molecule has 0 amide bonds. The molecule has 17 heavy (non-hydrogen) atoms. The van der Waals surface area contributed by atoms with Gasteiger partial charge in [-0.1, -0.05) is 0 Å². The van der Waals surface area contributed by atoms with Crippen molar-refractivity contribution in [3.8, 4) is 17.2 Å². The molecule has 1 saturated heterocycles. The Hall–Kier alpha value is -1.46. The first-order valence-corrected chi connectivity index (χ1v) is 5.74. The lowest BCUT2D eigenvalue weighted by Crippen LogP contribution is -2.42. The van der Waals surface area contributed by atoms with E-state index >= 15 is 0 Å². The summed E-state index contributed by atoms with van der Waals surface area (Å²) in [5, 5.41) is 32.6. The van der Waals surface area contributed by atoms with Crippen molar-refractivity contribution in [3.05, 3.63) is 17.7 Å². The van der Waals surface area contributed by atoms with Crippen molar-refractivity contribution in [1.82, 2.24) is 5.32 Å². The predicted octanol–water partition coefficient (Wildman–Crippen LogP) is 0.646. The van der Waals surface area contributed by atoms with Crippen molar-refractivity contribution >= 4 is 0 Å². The highest BCUT2D eigenvalue weighted by molar-refractivity contribution is 5.56. The van der Waals surface area contributed by atoms with Gasteiger partial charge in [0.15, 0.2) is 11.5 Å². The summed E-state index contributed by atoms with van der Waals surface area (Å²) in [6.07, 6.45) is 0.640. The summed E-state index contributed by atoms with van der Waals surface area (Å²) >= 11 is 0. The van der Waals surface area contributed by atoms with Gasteiger partial charge in [0.2, 0.25) is 5.75 Å². The molecule has 3 rings (SSSR count). The fourth-order valence-electron chi connectivity index (χ4n) is 2.65. The van der Waals surface area contributed by atoms with E-state index in [0.29, 0.717) is 18.5 Å². The predicted molar refractivity (Wildman–Crippen MR) is 60.2 cm³/mol. The molecule has 2 aliphatic heterocycles. The summed E-state index contributed by atoms with van der Waals surface area (Å²) in [4.78, 5) is 0. The van der Waals surface area contributed by atoms with E-state index in [1.165, 1.54) is 6.07 Å². The first-order valence-electron chi connectivity index (χ1n) is 5.74. The largest absolute Gasteiger partial charge is 0.504 e. The van der Waals surface area contributed by atoms with Crippen LogP contribution in [-0.4, -0.2) is 34.0 Å². The van der Waals surface area contributed by atoms with E-state index in [9.17, 15) is 15.3 Å². The maximum Gasteiger partial charge on any atom is 0.200 e. The summed E-state index contributed by atoms with van der Waals surface area (Å²) in [6.45, 7) is 1.49. The van der Waals surface area contributed by atoms with E-state index in [1.54, 1.807) is 6.07 Å². The SMILES string of the molecule is Oc1ccc2c(c1O)OC1(CCNC1)CC2O. The Morgan fingerprint density at radius 1 is 1.35 bits per heavy atom. The van der Waals surface area contributed by atoms with Crippen molar-refractivity contribution in [2.75, 3.05) is 13.1 Å². The van der Waals surface area contributed by atoms with Crippen LogP contribution in [0.2, 0.25) is 0 Å². The molecule has 0 bridgehead atoms. The molecule has 0 aliphatic carbocycles. The summed E-state index contributed by atoms with van der Waals surface area (Å²) < 4.78 is 5.83. The molecule has 2 aliphatic rings. The number of benzene rings is 1. The molecule has 2 unspecified atom stereocenters. The minimum Gasteiger partial charge on any atom is -0.504 e. The molecule has 1 aromatic rings. The number of phenols is 2. The van der Waals surface area contributed by atoms with Crippen molar-refractivity contribution in [1.29, 1.82) is 0 Å². The lowest BCUT2D eigenvalue weighted by molar-refractivity contribution is -0.00271. The van der Waals surface area contributed by atoms with E-state index in [1.807, 2.05) is 0 Å². The van der Waals surface area contributed by atoms with Crippen LogP contribution < -0.4 is 10.1 Å². The Morgan fingerprint density at radius 2 is 2.18 bits per heavy atom.